The SMILES string of the molecule is CCN(CC)S(=O)(=O)c1cc(C(=O)N2CC=C(c3c[nH]c4cc(F)ccc34)CC2)ccc1Cl. The number of hydrogen-bond acceptors (Lipinski definition) is 3. The molecule has 9 heteroatoms. The maximum absolute atomic E-state index is 13.5. The molecular formula is C24H25ClFN3O3S. The second-order valence-electron chi connectivity index (χ2n) is 7.86. The molecule has 0 unspecified atom stereocenters. The molecule has 1 aromatic heterocycles. The molecule has 0 bridgehead atoms. The molecule has 33 heavy (non-hydrogen) atoms. The van der Waals surface area contributed by atoms with Gasteiger partial charge in [0.25, 0.3) is 5.91 Å². The number of sulfonamides is 1. The Bertz CT molecular complexity index is 1350. The van der Waals surface area contributed by atoms with E-state index in [0.717, 1.165) is 22.0 Å². The third-order valence-electron chi connectivity index (χ3n) is 5.99. The lowest BCUT2D eigenvalue weighted by molar-refractivity contribution is 0.0772. The van der Waals surface area contributed by atoms with Crippen LogP contribution in [-0.4, -0.2) is 54.7 Å². The van der Waals surface area contributed by atoms with Gasteiger partial charge in [0.1, 0.15) is 10.7 Å². The van der Waals surface area contributed by atoms with Crippen molar-refractivity contribution < 1.29 is 17.6 Å². The summed E-state index contributed by atoms with van der Waals surface area (Å²) in [6.07, 6.45) is 4.47. The fraction of sp³-hybridized carbons (Fsp3) is 0.292. The number of aromatic nitrogens is 1. The van der Waals surface area contributed by atoms with Crippen molar-refractivity contribution in [2.75, 3.05) is 26.2 Å². The molecule has 2 aromatic carbocycles. The summed E-state index contributed by atoms with van der Waals surface area (Å²) in [4.78, 5) is 17.9. The Hall–Kier alpha value is -2.68. The van der Waals surface area contributed by atoms with Gasteiger partial charge in [-0.3, -0.25) is 4.79 Å². The molecule has 0 aliphatic carbocycles. The van der Waals surface area contributed by atoms with Gasteiger partial charge in [-0.1, -0.05) is 31.5 Å². The molecule has 0 radical (unpaired) electrons. The molecule has 1 aliphatic heterocycles. The minimum absolute atomic E-state index is 0.0574. The fourth-order valence-corrected chi connectivity index (χ4v) is 6.14. The van der Waals surface area contributed by atoms with E-state index in [2.05, 4.69) is 4.98 Å². The van der Waals surface area contributed by atoms with Gasteiger partial charge in [-0.25, -0.2) is 12.8 Å². The maximum Gasteiger partial charge on any atom is 0.254 e. The van der Waals surface area contributed by atoms with Crippen LogP contribution in [0.2, 0.25) is 5.02 Å². The minimum Gasteiger partial charge on any atom is -0.360 e. The molecule has 0 saturated heterocycles. The number of hydrogen-bond donors (Lipinski definition) is 1. The number of fused-ring (bicyclic) bond motifs is 1. The summed E-state index contributed by atoms with van der Waals surface area (Å²) >= 11 is 6.20. The summed E-state index contributed by atoms with van der Waals surface area (Å²) in [6.45, 7) is 5.01. The number of nitrogens with zero attached hydrogens (tertiary/aromatic N) is 2. The second-order valence-corrected chi connectivity index (χ2v) is 10.2. The van der Waals surface area contributed by atoms with Crippen molar-refractivity contribution in [3.05, 3.63) is 70.6 Å². The van der Waals surface area contributed by atoms with Crippen molar-refractivity contribution in [2.45, 2.75) is 25.2 Å². The van der Waals surface area contributed by atoms with Crippen LogP contribution in [0.3, 0.4) is 0 Å². The molecule has 174 valence electrons. The quantitative estimate of drug-likeness (QED) is 0.534. The fourth-order valence-electron chi connectivity index (χ4n) is 4.18. The van der Waals surface area contributed by atoms with Crippen molar-refractivity contribution in [3.63, 3.8) is 0 Å². The van der Waals surface area contributed by atoms with Crippen LogP contribution >= 0.6 is 11.6 Å². The molecule has 0 spiro atoms. The van der Waals surface area contributed by atoms with E-state index in [1.165, 1.54) is 28.6 Å². The number of nitrogens with one attached hydrogen (secondary N) is 1. The summed E-state index contributed by atoms with van der Waals surface area (Å²) in [7, 11) is -3.79. The molecule has 1 N–H and O–H groups in total. The lowest BCUT2D eigenvalue weighted by Gasteiger charge is -2.27. The summed E-state index contributed by atoms with van der Waals surface area (Å²) in [5.74, 6) is -0.547. The number of aromatic amines is 1. The van der Waals surface area contributed by atoms with Gasteiger partial charge in [0.2, 0.25) is 10.0 Å². The minimum atomic E-state index is -3.79. The number of rotatable bonds is 6. The molecular weight excluding hydrogens is 465 g/mol. The van der Waals surface area contributed by atoms with E-state index in [-0.39, 0.29) is 27.2 Å². The van der Waals surface area contributed by atoms with Gasteiger partial charge in [-0.15, -0.1) is 0 Å². The molecule has 3 aromatic rings. The number of benzene rings is 2. The monoisotopic (exact) mass is 489 g/mol. The first-order valence-electron chi connectivity index (χ1n) is 10.8. The summed E-state index contributed by atoms with van der Waals surface area (Å²) < 4.78 is 40.7. The van der Waals surface area contributed by atoms with E-state index in [1.807, 2.05) is 12.3 Å². The van der Waals surface area contributed by atoms with Gasteiger partial charge in [0.05, 0.1) is 5.02 Å². The average Bonchev–Trinajstić information content (AvgIpc) is 3.22. The molecule has 2 heterocycles. The van der Waals surface area contributed by atoms with Gasteiger partial charge in [-0.05, 0) is 48.4 Å². The molecule has 0 fully saturated rings. The zero-order chi connectivity index (χ0) is 23.8. The zero-order valence-corrected chi connectivity index (χ0v) is 20.0. The standard InChI is InChI=1S/C24H25ClFN3O3S/c1-3-29(4-2)33(31,32)23-13-17(5-8-21(23)25)24(30)28-11-9-16(10-12-28)20-15-27-22-14-18(26)6-7-19(20)22/h5-9,13-15,27H,3-4,10-12H2,1-2H3. The molecule has 0 saturated carbocycles. The molecule has 0 atom stereocenters. The Labute approximate surface area is 197 Å². The number of H-pyrrole nitrogens is 1. The van der Waals surface area contributed by atoms with Crippen LogP contribution in [0.25, 0.3) is 16.5 Å². The van der Waals surface area contributed by atoms with Crippen LogP contribution in [0.1, 0.15) is 36.2 Å². The van der Waals surface area contributed by atoms with Crippen molar-refractivity contribution in [3.8, 4) is 0 Å². The van der Waals surface area contributed by atoms with E-state index in [4.69, 9.17) is 11.6 Å². The molecule has 4 rings (SSSR count). The lowest BCUT2D eigenvalue weighted by Crippen LogP contribution is -2.35. The van der Waals surface area contributed by atoms with Crippen molar-refractivity contribution >= 4 is 44.0 Å². The van der Waals surface area contributed by atoms with Gasteiger partial charge < -0.3 is 9.88 Å². The van der Waals surface area contributed by atoms with Gasteiger partial charge in [0, 0.05) is 54.4 Å². The lowest BCUT2D eigenvalue weighted by atomic mass is 9.98. The normalized spacial score (nSPS) is 14.7. The highest BCUT2D eigenvalue weighted by Crippen LogP contribution is 2.31. The van der Waals surface area contributed by atoms with Crippen LogP contribution in [0.15, 0.2) is 53.6 Å². The average molecular weight is 490 g/mol. The Balaban J connectivity index is 1.57. The Morgan fingerprint density at radius 3 is 2.61 bits per heavy atom. The Kier molecular flexibility index (Phi) is 6.61. The van der Waals surface area contributed by atoms with E-state index in [9.17, 15) is 17.6 Å². The van der Waals surface area contributed by atoms with Crippen LogP contribution in [-0.2, 0) is 10.0 Å². The van der Waals surface area contributed by atoms with Gasteiger partial charge >= 0.3 is 0 Å². The van der Waals surface area contributed by atoms with E-state index in [0.29, 0.717) is 32.6 Å². The van der Waals surface area contributed by atoms with Gasteiger partial charge in [0.15, 0.2) is 0 Å². The topological polar surface area (TPSA) is 73.5 Å². The highest BCUT2D eigenvalue weighted by molar-refractivity contribution is 7.89. The number of carbonyl (C=O) groups excluding carboxylic acids is 1. The predicted octanol–water partition coefficient (Wildman–Crippen LogP) is 4.92. The third kappa shape index (κ3) is 4.43. The van der Waals surface area contributed by atoms with Crippen LogP contribution in [0.5, 0.6) is 0 Å². The predicted molar refractivity (Wildman–Crippen MR) is 128 cm³/mol. The number of halogens is 2. The first-order chi connectivity index (χ1) is 15.8. The third-order valence-corrected chi connectivity index (χ3v) is 8.52. The summed E-state index contributed by atoms with van der Waals surface area (Å²) in [6, 6.07) is 9.03. The number of carbonyl (C=O) groups is 1. The van der Waals surface area contributed by atoms with Crippen LogP contribution < -0.4 is 0 Å². The van der Waals surface area contributed by atoms with Crippen LogP contribution in [0.4, 0.5) is 4.39 Å². The highest BCUT2D eigenvalue weighted by Gasteiger charge is 2.27. The van der Waals surface area contributed by atoms with E-state index >= 15 is 0 Å². The largest absolute Gasteiger partial charge is 0.360 e. The summed E-state index contributed by atoms with van der Waals surface area (Å²) in [5, 5.41) is 1.03. The van der Waals surface area contributed by atoms with Crippen molar-refractivity contribution in [1.82, 2.24) is 14.2 Å². The number of amides is 1. The van der Waals surface area contributed by atoms with Crippen LogP contribution in [0, 0.1) is 5.82 Å². The van der Waals surface area contributed by atoms with E-state index < -0.39 is 10.0 Å². The van der Waals surface area contributed by atoms with E-state index in [1.54, 1.807) is 30.9 Å². The Morgan fingerprint density at radius 2 is 1.94 bits per heavy atom. The summed E-state index contributed by atoms with van der Waals surface area (Å²) in [5.41, 5.74) is 3.09. The smallest absolute Gasteiger partial charge is 0.254 e. The maximum atomic E-state index is 13.5. The van der Waals surface area contributed by atoms with Crippen molar-refractivity contribution in [1.29, 1.82) is 0 Å². The zero-order valence-electron chi connectivity index (χ0n) is 18.4. The second kappa shape index (κ2) is 9.29. The molecule has 6 nitrogen and oxygen atoms in total. The van der Waals surface area contributed by atoms with Gasteiger partial charge in [-0.2, -0.15) is 4.31 Å². The molecule has 1 amide bonds. The molecule has 1 aliphatic rings. The van der Waals surface area contributed by atoms with Crippen molar-refractivity contribution in [2.24, 2.45) is 0 Å². The Morgan fingerprint density at radius 1 is 1.18 bits per heavy atom. The highest BCUT2D eigenvalue weighted by atomic mass is 35.5. The first-order valence-corrected chi connectivity index (χ1v) is 12.6. The first kappa shape index (κ1) is 23.5.